The van der Waals surface area contributed by atoms with Crippen molar-refractivity contribution in [1.29, 1.82) is 0 Å². The number of rotatable bonds is 5. The molecule has 0 amide bonds. The van der Waals surface area contributed by atoms with Gasteiger partial charge in [0.2, 0.25) is 0 Å². The van der Waals surface area contributed by atoms with Crippen LogP contribution in [0.15, 0.2) is 73.3 Å². The fraction of sp³-hybridized carbons (Fsp3) is 0.235. The molecular formula is C17H20FeN2. The summed E-state index contributed by atoms with van der Waals surface area (Å²) in [6.07, 6.45) is 9.40. The maximum absolute atomic E-state index is 4.01. The van der Waals surface area contributed by atoms with Gasteiger partial charge in [0.1, 0.15) is 0 Å². The van der Waals surface area contributed by atoms with Crippen molar-refractivity contribution >= 4 is 0 Å². The van der Waals surface area contributed by atoms with Crippen molar-refractivity contribution in [2.75, 3.05) is 0 Å². The van der Waals surface area contributed by atoms with Crippen molar-refractivity contribution < 1.29 is 17.1 Å². The van der Waals surface area contributed by atoms with Crippen molar-refractivity contribution in [3.8, 4) is 0 Å². The largest absolute Gasteiger partial charge is 2.00 e. The van der Waals surface area contributed by atoms with Gasteiger partial charge in [0, 0.05) is 18.9 Å². The van der Waals surface area contributed by atoms with Gasteiger partial charge in [-0.2, -0.15) is 35.9 Å². The van der Waals surface area contributed by atoms with Gasteiger partial charge >= 0.3 is 17.1 Å². The zero-order valence-corrected chi connectivity index (χ0v) is 12.6. The quantitative estimate of drug-likeness (QED) is 0.395. The van der Waals surface area contributed by atoms with Crippen LogP contribution in [0.5, 0.6) is 0 Å². The summed E-state index contributed by atoms with van der Waals surface area (Å²) in [6, 6.07) is 18.6. The Labute approximate surface area is 131 Å². The molecule has 0 radical (unpaired) electrons. The van der Waals surface area contributed by atoms with Gasteiger partial charge in [-0.1, -0.05) is 12.8 Å². The van der Waals surface area contributed by atoms with E-state index in [2.05, 4.69) is 33.8 Å². The minimum Gasteiger partial charge on any atom is -0.338 e. The van der Waals surface area contributed by atoms with Gasteiger partial charge in [-0.3, -0.25) is 0 Å². The third kappa shape index (κ3) is 6.55. The van der Waals surface area contributed by atoms with Gasteiger partial charge in [0.05, 0.1) is 6.33 Å². The van der Waals surface area contributed by atoms with E-state index < -0.39 is 0 Å². The van der Waals surface area contributed by atoms with Gasteiger partial charge in [0.25, 0.3) is 0 Å². The number of aromatic nitrogens is 2. The van der Waals surface area contributed by atoms with Gasteiger partial charge in [-0.15, -0.1) is 0 Å². The Morgan fingerprint density at radius 2 is 1.75 bits per heavy atom. The summed E-state index contributed by atoms with van der Waals surface area (Å²) in [5.74, 6) is 0. The molecule has 3 heteroatoms. The van der Waals surface area contributed by atoms with Crippen LogP contribution in [-0.4, -0.2) is 9.55 Å². The van der Waals surface area contributed by atoms with E-state index in [1.807, 2.05) is 49.1 Å². The molecule has 3 aromatic rings. The number of aryl methyl sites for hydroxylation is 2. The van der Waals surface area contributed by atoms with Gasteiger partial charge in [0.15, 0.2) is 0 Å². The molecule has 0 aliphatic carbocycles. The van der Waals surface area contributed by atoms with Crippen LogP contribution in [0.1, 0.15) is 18.4 Å². The number of hydrogen-bond donors (Lipinski definition) is 0. The molecule has 0 fully saturated rings. The van der Waals surface area contributed by atoms with E-state index in [0.717, 1.165) is 6.54 Å². The van der Waals surface area contributed by atoms with Crippen LogP contribution in [0, 0.1) is 0 Å². The van der Waals surface area contributed by atoms with Gasteiger partial charge in [-0.05, 0) is 6.42 Å². The Morgan fingerprint density at radius 1 is 1.00 bits per heavy atom. The third-order valence-electron chi connectivity index (χ3n) is 2.98. The predicted octanol–water partition coefficient (Wildman–Crippen LogP) is 4.03. The van der Waals surface area contributed by atoms with Crippen LogP contribution < -0.4 is 0 Å². The first-order valence-electron chi connectivity index (χ1n) is 6.78. The Hall–Kier alpha value is -1.57. The zero-order chi connectivity index (χ0) is 13.2. The van der Waals surface area contributed by atoms with E-state index in [1.54, 1.807) is 0 Å². The molecular weight excluding hydrogens is 288 g/mol. The Morgan fingerprint density at radius 3 is 2.30 bits per heavy atom. The van der Waals surface area contributed by atoms with Crippen LogP contribution in [0.4, 0.5) is 0 Å². The molecule has 0 unspecified atom stereocenters. The van der Waals surface area contributed by atoms with Crippen molar-refractivity contribution in [2.24, 2.45) is 0 Å². The Bertz CT molecular complexity index is 442. The minimum absolute atomic E-state index is 0. The third-order valence-corrected chi connectivity index (χ3v) is 2.98. The van der Waals surface area contributed by atoms with E-state index in [0.29, 0.717) is 0 Å². The summed E-state index contributed by atoms with van der Waals surface area (Å²) < 4.78 is 2.13. The van der Waals surface area contributed by atoms with Crippen molar-refractivity contribution in [3.05, 3.63) is 78.9 Å². The molecule has 0 N–H and O–H groups in total. The number of imidazole rings is 1. The van der Waals surface area contributed by atoms with E-state index >= 15 is 0 Å². The Kier molecular flexibility index (Phi) is 8.44. The maximum atomic E-state index is 4.01. The average Bonchev–Trinajstić information content (AvgIpc) is 3.18. The predicted molar refractivity (Wildman–Crippen MR) is 79.2 cm³/mol. The van der Waals surface area contributed by atoms with Crippen molar-refractivity contribution in [2.45, 2.75) is 25.8 Å². The smallest absolute Gasteiger partial charge is 0.338 e. The van der Waals surface area contributed by atoms with Gasteiger partial charge in [-0.25, -0.2) is 29.2 Å². The van der Waals surface area contributed by atoms with Gasteiger partial charge < -0.3 is 4.57 Å². The fourth-order valence-electron chi connectivity index (χ4n) is 1.94. The van der Waals surface area contributed by atoms with Crippen LogP contribution in [-0.2, 0) is 30.0 Å². The van der Waals surface area contributed by atoms with Crippen molar-refractivity contribution in [3.63, 3.8) is 0 Å². The summed E-state index contributed by atoms with van der Waals surface area (Å²) in [5, 5.41) is 0. The summed E-state index contributed by atoms with van der Waals surface area (Å²) in [5.41, 5.74) is 1.45. The Balaban J connectivity index is 0.000000283. The monoisotopic (exact) mass is 308 g/mol. The number of hydrogen-bond acceptors (Lipinski definition) is 1. The second-order valence-electron chi connectivity index (χ2n) is 4.51. The van der Waals surface area contributed by atoms with E-state index in [9.17, 15) is 0 Å². The summed E-state index contributed by atoms with van der Waals surface area (Å²) in [4.78, 5) is 4.01. The first kappa shape index (κ1) is 16.5. The SMILES string of the molecule is [Fe+2].c1cc[c-](CCCCn2ccnc2)c1.c1cc[cH-]c1. The fourth-order valence-corrected chi connectivity index (χ4v) is 1.94. The van der Waals surface area contributed by atoms with Crippen molar-refractivity contribution in [1.82, 2.24) is 9.55 Å². The zero-order valence-electron chi connectivity index (χ0n) is 11.5. The van der Waals surface area contributed by atoms with Crippen LogP contribution in [0.2, 0.25) is 0 Å². The molecule has 0 aliphatic rings. The molecule has 106 valence electrons. The molecule has 2 aromatic carbocycles. The number of nitrogens with zero attached hydrogens (tertiary/aromatic N) is 2. The topological polar surface area (TPSA) is 17.8 Å². The summed E-state index contributed by atoms with van der Waals surface area (Å²) in [6.45, 7) is 1.08. The summed E-state index contributed by atoms with van der Waals surface area (Å²) in [7, 11) is 0. The molecule has 2 nitrogen and oxygen atoms in total. The second-order valence-corrected chi connectivity index (χ2v) is 4.51. The molecule has 3 rings (SSSR count). The molecule has 0 saturated carbocycles. The van der Waals surface area contributed by atoms with Crippen LogP contribution in [0.25, 0.3) is 0 Å². The standard InChI is InChI=1S/C12H15N2.C5H5.Fe/c1-2-6-12(5-1)7-3-4-9-14-10-8-13-11-14;1-2-4-5-3-1;/h1-2,5-6,8,10-11H,3-4,7,9H2;1-5H;/q2*-1;+2. The molecule has 0 aliphatic heterocycles. The molecule has 0 bridgehead atoms. The number of unbranched alkanes of at least 4 members (excludes halogenated alkanes) is 1. The molecule has 0 spiro atoms. The first-order valence-corrected chi connectivity index (χ1v) is 6.78. The molecule has 0 atom stereocenters. The van der Waals surface area contributed by atoms with Crippen LogP contribution >= 0.6 is 0 Å². The maximum Gasteiger partial charge on any atom is 2.00 e. The molecule has 0 saturated heterocycles. The molecule has 20 heavy (non-hydrogen) atoms. The van der Waals surface area contributed by atoms with E-state index in [-0.39, 0.29) is 17.1 Å². The normalized spacial score (nSPS) is 9.40. The average molecular weight is 308 g/mol. The minimum atomic E-state index is 0. The molecule has 1 aromatic heterocycles. The van der Waals surface area contributed by atoms with E-state index in [1.165, 1.54) is 24.8 Å². The van der Waals surface area contributed by atoms with Crippen LogP contribution in [0.3, 0.4) is 0 Å². The second kappa shape index (κ2) is 10.2. The first-order chi connectivity index (χ1) is 9.45. The molecule has 1 heterocycles. The van der Waals surface area contributed by atoms with E-state index in [4.69, 9.17) is 0 Å². The summed E-state index contributed by atoms with van der Waals surface area (Å²) >= 11 is 0.